The van der Waals surface area contributed by atoms with Gasteiger partial charge in [0, 0.05) is 11.1 Å². The van der Waals surface area contributed by atoms with E-state index in [0.717, 1.165) is 11.3 Å². The SMILES string of the molecule is CCOc1ccccc1COc1ccccc1CC(=O)O. The van der Waals surface area contributed by atoms with E-state index in [9.17, 15) is 4.79 Å². The summed E-state index contributed by atoms with van der Waals surface area (Å²) < 4.78 is 11.3. The lowest BCUT2D eigenvalue weighted by molar-refractivity contribution is -0.136. The van der Waals surface area contributed by atoms with Crippen LogP contribution in [-0.2, 0) is 17.8 Å². The molecule has 0 heterocycles. The number of benzene rings is 2. The van der Waals surface area contributed by atoms with Crippen LogP contribution < -0.4 is 9.47 Å². The van der Waals surface area contributed by atoms with Gasteiger partial charge in [0.05, 0.1) is 13.0 Å². The van der Waals surface area contributed by atoms with Crippen molar-refractivity contribution in [3.05, 3.63) is 59.7 Å². The summed E-state index contributed by atoms with van der Waals surface area (Å²) in [6.45, 7) is 2.86. The van der Waals surface area contributed by atoms with Gasteiger partial charge in [-0.1, -0.05) is 36.4 Å². The van der Waals surface area contributed by atoms with Gasteiger partial charge in [0.25, 0.3) is 0 Å². The molecule has 0 unspecified atom stereocenters. The van der Waals surface area contributed by atoms with E-state index in [1.54, 1.807) is 18.2 Å². The highest BCUT2D eigenvalue weighted by molar-refractivity contribution is 5.71. The largest absolute Gasteiger partial charge is 0.493 e. The molecule has 0 aliphatic carbocycles. The zero-order valence-electron chi connectivity index (χ0n) is 11.9. The van der Waals surface area contributed by atoms with E-state index < -0.39 is 5.97 Å². The Morgan fingerprint density at radius 2 is 1.52 bits per heavy atom. The fraction of sp³-hybridized carbons (Fsp3) is 0.235. The van der Waals surface area contributed by atoms with Crippen LogP contribution in [0.5, 0.6) is 11.5 Å². The molecule has 0 saturated heterocycles. The van der Waals surface area contributed by atoms with Crippen LogP contribution >= 0.6 is 0 Å². The number of rotatable bonds is 7. The second kappa shape index (κ2) is 7.33. The Morgan fingerprint density at radius 3 is 2.14 bits per heavy atom. The van der Waals surface area contributed by atoms with Crippen molar-refractivity contribution in [3.8, 4) is 11.5 Å². The van der Waals surface area contributed by atoms with Crippen LogP contribution in [0.1, 0.15) is 18.1 Å². The lowest BCUT2D eigenvalue weighted by Gasteiger charge is -2.13. The molecule has 0 aromatic heterocycles. The molecule has 1 N–H and O–H groups in total. The minimum absolute atomic E-state index is 0.0523. The number of carboxylic acid groups (broad SMARTS) is 1. The average Bonchev–Trinajstić information content (AvgIpc) is 2.47. The van der Waals surface area contributed by atoms with Crippen molar-refractivity contribution in [2.45, 2.75) is 20.0 Å². The summed E-state index contributed by atoms with van der Waals surface area (Å²) in [4.78, 5) is 10.9. The second-order valence-corrected chi connectivity index (χ2v) is 4.51. The van der Waals surface area contributed by atoms with Crippen molar-refractivity contribution in [1.29, 1.82) is 0 Å². The minimum Gasteiger partial charge on any atom is -0.493 e. The molecule has 4 nitrogen and oxygen atoms in total. The zero-order valence-corrected chi connectivity index (χ0v) is 11.9. The molecule has 0 fully saturated rings. The van der Waals surface area contributed by atoms with Crippen LogP contribution in [0.25, 0.3) is 0 Å². The number of carboxylic acids is 1. The first-order chi connectivity index (χ1) is 10.2. The van der Waals surface area contributed by atoms with Gasteiger partial charge >= 0.3 is 5.97 Å². The Morgan fingerprint density at radius 1 is 0.952 bits per heavy atom. The fourth-order valence-corrected chi connectivity index (χ4v) is 2.03. The Kier molecular flexibility index (Phi) is 5.21. The van der Waals surface area contributed by atoms with Crippen LogP contribution in [-0.4, -0.2) is 17.7 Å². The van der Waals surface area contributed by atoms with Crippen LogP contribution in [0.2, 0.25) is 0 Å². The Balaban J connectivity index is 2.11. The van der Waals surface area contributed by atoms with E-state index in [0.29, 0.717) is 24.5 Å². The van der Waals surface area contributed by atoms with Crippen molar-refractivity contribution >= 4 is 5.97 Å². The summed E-state index contributed by atoms with van der Waals surface area (Å²) in [5, 5.41) is 8.92. The lowest BCUT2D eigenvalue weighted by Crippen LogP contribution is -2.05. The molecule has 0 aliphatic rings. The third kappa shape index (κ3) is 4.24. The monoisotopic (exact) mass is 286 g/mol. The second-order valence-electron chi connectivity index (χ2n) is 4.51. The Labute approximate surface area is 123 Å². The predicted molar refractivity (Wildman–Crippen MR) is 79.7 cm³/mol. The number of carbonyl (C=O) groups is 1. The van der Waals surface area contributed by atoms with Crippen LogP contribution in [0.15, 0.2) is 48.5 Å². The van der Waals surface area contributed by atoms with Gasteiger partial charge in [-0.2, -0.15) is 0 Å². The number of ether oxygens (including phenoxy) is 2. The van der Waals surface area contributed by atoms with E-state index in [-0.39, 0.29) is 6.42 Å². The van der Waals surface area contributed by atoms with E-state index in [1.165, 1.54) is 0 Å². The first-order valence-electron chi connectivity index (χ1n) is 6.84. The third-order valence-electron chi connectivity index (χ3n) is 2.97. The van der Waals surface area contributed by atoms with E-state index >= 15 is 0 Å². The number of para-hydroxylation sites is 2. The summed E-state index contributed by atoms with van der Waals surface area (Å²) in [6, 6.07) is 14.8. The molecule has 0 saturated carbocycles. The zero-order chi connectivity index (χ0) is 15.1. The molecule has 2 aromatic carbocycles. The lowest BCUT2D eigenvalue weighted by atomic mass is 10.1. The topological polar surface area (TPSA) is 55.8 Å². The molecule has 0 spiro atoms. The molecule has 0 radical (unpaired) electrons. The maximum atomic E-state index is 10.9. The van der Waals surface area contributed by atoms with Crippen LogP contribution in [0.4, 0.5) is 0 Å². The van der Waals surface area contributed by atoms with Crippen molar-refractivity contribution in [1.82, 2.24) is 0 Å². The molecule has 0 atom stereocenters. The standard InChI is InChI=1S/C17H18O4/c1-2-20-16-10-6-4-8-14(16)12-21-15-9-5-3-7-13(15)11-17(18)19/h3-10H,2,11-12H2,1H3,(H,18,19). The first-order valence-corrected chi connectivity index (χ1v) is 6.84. The summed E-state index contributed by atoms with van der Waals surface area (Å²) in [7, 11) is 0. The number of hydrogen-bond acceptors (Lipinski definition) is 3. The summed E-state index contributed by atoms with van der Waals surface area (Å²) in [6.07, 6.45) is -0.0523. The quantitative estimate of drug-likeness (QED) is 0.848. The number of hydrogen-bond donors (Lipinski definition) is 1. The summed E-state index contributed by atoms with van der Waals surface area (Å²) in [5.41, 5.74) is 1.60. The summed E-state index contributed by atoms with van der Waals surface area (Å²) >= 11 is 0. The van der Waals surface area contributed by atoms with Gasteiger partial charge in [-0.05, 0) is 19.1 Å². The molecule has 2 aromatic rings. The van der Waals surface area contributed by atoms with Gasteiger partial charge in [-0.3, -0.25) is 4.79 Å². The van der Waals surface area contributed by atoms with Gasteiger partial charge in [0.1, 0.15) is 18.1 Å². The van der Waals surface area contributed by atoms with Gasteiger partial charge in [0.15, 0.2) is 0 Å². The normalized spacial score (nSPS) is 10.1. The van der Waals surface area contributed by atoms with Crippen molar-refractivity contribution in [3.63, 3.8) is 0 Å². The maximum absolute atomic E-state index is 10.9. The maximum Gasteiger partial charge on any atom is 0.307 e. The van der Waals surface area contributed by atoms with Gasteiger partial charge in [0.2, 0.25) is 0 Å². The number of aliphatic carboxylic acids is 1. The van der Waals surface area contributed by atoms with Crippen LogP contribution in [0.3, 0.4) is 0 Å². The molecule has 21 heavy (non-hydrogen) atoms. The Hall–Kier alpha value is -2.49. The highest BCUT2D eigenvalue weighted by Gasteiger charge is 2.09. The third-order valence-corrected chi connectivity index (χ3v) is 2.97. The molecule has 0 amide bonds. The van der Waals surface area contributed by atoms with Crippen molar-refractivity contribution in [2.75, 3.05) is 6.61 Å². The van der Waals surface area contributed by atoms with Crippen molar-refractivity contribution < 1.29 is 19.4 Å². The summed E-state index contributed by atoms with van der Waals surface area (Å²) in [5.74, 6) is 0.502. The van der Waals surface area contributed by atoms with E-state index in [4.69, 9.17) is 14.6 Å². The molecule has 0 bridgehead atoms. The highest BCUT2D eigenvalue weighted by atomic mass is 16.5. The Bertz CT molecular complexity index is 607. The predicted octanol–water partition coefficient (Wildman–Crippen LogP) is 3.29. The van der Waals surface area contributed by atoms with E-state index in [1.807, 2.05) is 37.3 Å². The van der Waals surface area contributed by atoms with Gasteiger partial charge < -0.3 is 14.6 Å². The molecule has 110 valence electrons. The van der Waals surface area contributed by atoms with E-state index in [2.05, 4.69) is 0 Å². The average molecular weight is 286 g/mol. The van der Waals surface area contributed by atoms with Crippen LogP contribution in [0, 0.1) is 0 Å². The molecular formula is C17H18O4. The smallest absolute Gasteiger partial charge is 0.307 e. The van der Waals surface area contributed by atoms with Crippen molar-refractivity contribution in [2.24, 2.45) is 0 Å². The van der Waals surface area contributed by atoms with Gasteiger partial charge in [-0.25, -0.2) is 0 Å². The van der Waals surface area contributed by atoms with Gasteiger partial charge in [-0.15, -0.1) is 0 Å². The minimum atomic E-state index is -0.874. The molecule has 2 rings (SSSR count). The molecule has 4 heteroatoms. The highest BCUT2D eigenvalue weighted by Crippen LogP contribution is 2.23. The first kappa shape index (κ1) is 14.9. The molecule has 0 aliphatic heterocycles. The molecular weight excluding hydrogens is 268 g/mol. The fourth-order valence-electron chi connectivity index (χ4n) is 2.03.